The summed E-state index contributed by atoms with van der Waals surface area (Å²) in [6.07, 6.45) is 0. The molecule has 148 valence electrons. The lowest BCUT2D eigenvalue weighted by molar-refractivity contribution is 0.203. The molecular formula is C19H31N7O. The first-order valence-corrected chi connectivity index (χ1v) is 9.02. The number of hydrogen-bond acceptors (Lipinski definition) is 5. The molecule has 2 rings (SSSR count). The van der Waals surface area contributed by atoms with Gasteiger partial charge in [-0.15, -0.1) is 10.2 Å². The predicted molar refractivity (Wildman–Crippen MR) is 109 cm³/mol. The second-order valence-electron chi connectivity index (χ2n) is 6.70. The van der Waals surface area contributed by atoms with Crippen LogP contribution in [0.4, 0.5) is 5.69 Å². The van der Waals surface area contributed by atoms with Crippen LogP contribution in [0.15, 0.2) is 29.3 Å². The Bertz CT molecular complexity index is 754. The lowest BCUT2D eigenvalue weighted by Crippen LogP contribution is -2.40. The zero-order chi connectivity index (χ0) is 19.8. The van der Waals surface area contributed by atoms with Crippen molar-refractivity contribution in [1.29, 1.82) is 0 Å². The number of aliphatic imine (C=N–C) groups is 1. The van der Waals surface area contributed by atoms with E-state index in [1.807, 2.05) is 39.7 Å². The van der Waals surface area contributed by atoms with Gasteiger partial charge < -0.3 is 24.4 Å². The van der Waals surface area contributed by atoms with E-state index in [4.69, 9.17) is 9.73 Å². The minimum absolute atomic E-state index is 0.467. The summed E-state index contributed by atoms with van der Waals surface area (Å²) < 4.78 is 7.10. The van der Waals surface area contributed by atoms with Crippen LogP contribution in [-0.2, 0) is 24.9 Å². The number of anilines is 1. The summed E-state index contributed by atoms with van der Waals surface area (Å²) in [6.45, 7) is 4.45. The highest BCUT2D eigenvalue weighted by atomic mass is 16.5. The lowest BCUT2D eigenvalue weighted by Gasteiger charge is -2.23. The van der Waals surface area contributed by atoms with Crippen molar-refractivity contribution >= 4 is 11.6 Å². The van der Waals surface area contributed by atoms with Gasteiger partial charge in [0.25, 0.3) is 0 Å². The molecule has 8 nitrogen and oxygen atoms in total. The third-order valence-electron chi connectivity index (χ3n) is 4.35. The Hall–Kier alpha value is -2.61. The zero-order valence-electron chi connectivity index (χ0n) is 17.2. The Morgan fingerprint density at radius 2 is 2.04 bits per heavy atom. The number of ether oxygens (including phenoxy) is 1. The van der Waals surface area contributed by atoms with Crippen LogP contribution in [0.25, 0.3) is 0 Å². The maximum absolute atomic E-state index is 5.15. The Morgan fingerprint density at radius 1 is 1.26 bits per heavy atom. The van der Waals surface area contributed by atoms with Crippen LogP contribution < -0.4 is 10.2 Å². The highest BCUT2D eigenvalue weighted by molar-refractivity contribution is 5.79. The van der Waals surface area contributed by atoms with Crippen LogP contribution in [0.2, 0.25) is 0 Å². The van der Waals surface area contributed by atoms with Gasteiger partial charge in [0, 0.05) is 54.1 Å². The van der Waals surface area contributed by atoms with Crippen molar-refractivity contribution in [3.05, 3.63) is 41.5 Å². The van der Waals surface area contributed by atoms with E-state index in [9.17, 15) is 0 Å². The number of nitrogens with one attached hydrogen (secondary N) is 1. The molecule has 1 aromatic carbocycles. The molecule has 0 radical (unpaired) electrons. The number of aromatic nitrogens is 3. The van der Waals surface area contributed by atoms with Crippen LogP contribution in [-0.4, -0.2) is 67.0 Å². The summed E-state index contributed by atoms with van der Waals surface area (Å²) >= 11 is 0. The molecule has 0 saturated heterocycles. The van der Waals surface area contributed by atoms with Crippen molar-refractivity contribution in [3.63, 3.8) is 0 Å². The third kappa shape index (κ3) is 5.96. The first-order valence-electron chi connectivity index (χ1n) is 9.02. The molecule has 0 amide bonds. The van der Waals surface area contributed by atoms with Crippen LogP contribution >= 0.6 is 0 Å². The average Bonchev–Trinajstić information content (AvgIpc) is 2.96. The SMILES string of the molecule is COCCNC(=NCc1nnc(C)n1C)N(C)Cc1cccc(N(C)C)c1. The number of rotatable bonds is 8. The van der Waals surface area contributed by atoms with Crippen molar-refractivity contribution in [2.75, 3.05) is 46.3 Å². The molecule has 1 N–H and O–H groups in total. The summed E-state index contributed by atoms with van der Waals surface area (Å²) in [7, 11) is 9.77. The van der Waals surface area contributed by atoms with Crippen LogP contribution in [0, 0.1) is 6.92 Å². The number of aryl methyl sites for hydroxylation is 1. The largest absolute Gasteiger partial charge is 0.383 e. The third-order valence-corrected chi connectivity index (χ3v) is 4.35. The maximum Gasteiger partial charge on any atom is 0.194 e. The van der Waals surface area contributed by atoms with Gasteiger partial charge in [-0.3, -0.25) is 0 Å². The Labute approximate surface area is 161 Å². The minimum Gasteiger partial charge on any atom is -0.383 e. The molecule has 0 bridgehead atoms. The van der Waals surface area contributed by atoms with E-state index in [-0.39, 0.29) is 0 Å². The van der Waals surface area contributed by atoms with Gasteiger partial charge in [0.15, 0.2) is 11.8 Å². The number of nitrogens with zero attached hydrogens (tertiary/aromatic N) is 6. The van der Waals surface area contributed by atoms with E-state index in [1.54, 1.807) is 7.11 Å². The van der Waals surface area contributed by atoms with Gasteiger partial charge in [-0.25, -0.2) is 4.99 Å². The highest BCUT2D eigenvalue weighted by Crippen LogP contribution is 2.14. The van der Waals surface area contributed by atoms with Crippen molar-refractivity contribution < 1.29 is 4.74 Å². The fourth-order valence-electron chi connectivity index (χ4n) is 2.59. The molecule has 0 unspecified atom stereocenters. The Morgan fingerprint density at radius 3 is 2.67 bits per heavy atom. The van der Waals surface area contributed by atoms with E-state index in [0.29, 0.717) is 19.7 Å². The van der Waals surface area contributed by atoms with E-state index in [1.165, 1.54) is 11.3 Å². The minimum atomic E-state index is 0.467. The fraction of sp³-hybridized carbons (Fsp3) is 0.526. The monoisotopic (exact) mass is 373 g/mol. The summed E-state index contributed by atoms with van der Waals surface area (Å²) in [6, 6.07) is 8.50. The van der Waals surface area contributed by atoms with Crippen molar-refractivity contribution in [2.45, 2.75) is 20.0 Å². The van der Waals surface area contributed by atoms with Crippen molar-refractivity contribution in [3.8, 4) is 0 Å². The summed E-state index contributed by atoms with van der Waals surface area (Å²) in [5, 5.41) is 11.6. The molecule has 0 aliphatic heterocycles. The molecular weight excluding hydrogens is 342 g/mol. The van der Waals surface area contributed by atoms with Crippen LogP contribution in [0.3, 0.4) is 0 Å². The smallest absolute Gasteiger partial charge is 0.194 e. The number of benzene rings is 1. The van der Waals surface area contributed by atoms with Crippen molar-refractivity contribution in [1.82, 2.24) is 25.0 Å². The predicted octanol–water partition coefficient (Wildman–Crippen LogP) is 1.41. The summed E-state index contributed by atoms with van der Waals surface area (Å²) in [5.74, 6) is 2.52. The number of methoxy groups -OCH3 is 1. The molecule has 27 heavy (non-hydrogen) atoms. The van der Waals surface area contributed by atoms with E-state index < -0.39 is 0 Å². The van der Waals surface area contributed by atoms with Crippen LogP contribution in [0.1, 0.15) is 17.2 Å². The van der Waals surface area contributed by atoms with Gasteiger partial charge >= 0.3 is 0 Å². The molecule has 0 aliphatic carbocycles. The topological polar surface area (TPSA) is 70.8 Å². The first kappa shape index (κ1) is 20.7. The molecule has 8 heteroatoms. The molecule has 0 aliphatic rings. The molecule has 0 atom stereocenters. The van der Waals surface area contributed by atoms with Crippen molar-refractivity contribution in [2.24, 2.45) is 12.0 Å². The number of guanidine groups is 1. The summed E-state index contributed by atoms with van der Waals surface area (Å²) in [4.78, 5) is 8.94. The molecule has 1 heterocycles. The number of hydrogen-bond donors (Lipinski definition) is 1. The maximum atomic E-state index is 5.15. The van der Waals surface area contributed by atoms with Gasteiger partial charge in [0.1, 0.15) is 12.4 Å². The van der Waals surface area contributed by atoms with Gasteiger partial charge in [-0.2, -0.15) is 0 Å². The standard InChI is InChI=1S/C19H31N7O/c1-15-22-23-18(26(15)5)13-21-19(20-10-11-27-6)25(4)14-16-8-7-9-17(12-16)24(2)3/h7-9,12H,10-11,13-14H2,1-6H3,(H,20,21). The van der Waals surface area contributed by atoms with Gasteiger partial charge in [-0.1, -0.05) is 12.1 Å². The Balaban J connectivity index is 2.12. The lowest BCUT2D eigenvalue weighted by atomic mass is 10.2. The first-order chi connectivity index (χ1) is 12.9. The van der Waals surface area contributed by atoms with E-state index in [2.05, 4.69) is 49.6 Å². The molecule has 0 spiro atoms. The Kier molecular flexibility index (Phi) is 7.60. The molecule has 1 aromatic heterocycles. The van der Waals surface area contributed by atoms with Gasteiger partial charge in [-0.05, 0) is 24.6 Å². The van der Waals surface area contributed by atoms with E-state index in [0.717, 1.165) is 24.2 Å². The second-order valence-corrected chi connectivity index (χ2v) is 6.70. The average molecular weight is 374 g/mol. The fourth-order valence-corrected chi connectivity index (χ4v) is 2.59. The molecule has 0 fully saturated rings. The second kappa shape index (κ2) is 9.91. The van der Waals surface area contributed by atoms with Gasteiger partial charge in [0.2, 0.25) is 0 Å². The normalized spacial score (nSPS) is 11.6. The highest BCUT2D eigenvalue weighted by Gasteiger charge is 2.10. The molecule has 2 aromatic rings. The zero-order valence-corrected chi connectivity index (χ0v) is 17.2. The van der Waals surface area contributed by atoms with Gasteiger partial charge in [0.05, 0.1) is 6.61 Å². The summed E-state index contributed by atoms with van der Waals surface area (Å²) in [5.41, 5.74) is 2.40. The molecule has 0 saturated carbocycles. The van der Waals surface area contributed by atoms with Crippen LogP contribution in [0.5, 0.6) is 0 Å². The van der Waals surface area contributed by atoms with E-state index >= 15 is 0 Å². The quantitative estimate of drug-likeness (QED) is 0.429.